The molecule has 1 unspecified atom stereocenters. The van der Waals surface area contributed by atoms with Crippen LogP contribution in [-0.2, 0) is 0 Å². The molecule has 0 fully saturated rings. The molecule has 0 aliphatic carbocycles. The predicted octanol–water partition coefficient (Wildman–Crippen LogP) is 2.72. The first-order chi connectivity index (χ1) is 9.10. The van der Waals surface area contributed by atoms with Crippen molar-refractivity contribution in [3.8, 4) is 11.5 Å². The first kappa shape index (κ1) is 13.5. The van der Waals surface area contributed by atoms with Gasteiger partial charge in [-0.3, -0.25) is 0 Å². The Morgan fingerprint density at radius 1 is 1.05 bits per heavy atom. The molecule has 0 saturated carbocycles. The van der Waals surface area contributed by atoms with E-state index in [9.17, 15) is 8.78 Å². The van der Waals surface area contributed by atoms with E-state index < -0.39 is 17.7 Å². The van der Waals surface area contributed by atoms with Crippen molar-refractivity contribution in [1.29, 1.82) is 0 Å². The lowest BCUT2D eigenvalue weighted by atomic mass is 10.1. The molecule has 0 radical (unpaired) electrons. The summed E-state index contributed by atoms with van der Waals surface area (Å²) in [5, 5.41) is 0. The Kier molecular flexibility index (Phi) is 4.09. The topological polar surface area (TPSA) is 61.3 Å². The van der Waals surface area contributed by atoms with E-state index in [-0.39, 0.29) is 12.3 Å². The molecule has 0 saturated heterocycles. The fourth-order valence-corrected chi connectivity index (χ4v) is 1.72. The number of para-hydroxylation sites is 1. The predicted molar refractivity (Wildman–Crippen MR) is 68.9 cm³/mol. The van der Waals surface area contributed by atoms with Gasteiger partial charge in [-0.2, -0.15) is 0 Å². The van der Waals surface area contributed by atoms with Gasteiger partial charge in [-0.25, -0.2) is 8.78 Å². The van der Waals surface area contributed by atoms with Crippen molar-refractivity contribution in [2.24, 2.45) is 11.5 Å². The summed E-state index contributed by atoms with van der Waals surface area (Å²) in [6.07, 6.45) is 0. The van der Waals surface area contributed by atoms with Gasteiger partial charge in [-0.05, 0) is 6.07 Å². The first-order valence-corrected chi connectivity index (χ1v) is 5.78. The lowest BCUT2D eigenvalue weighted by Gasteiger charge is -2.15. The van der Waals surface area contributed by atoms with Crippen LogP contribution in [0.2, 0.25) is 0 Å². The van der Waals surface area contributed by atoms with Gasteiger partial charge in [-0.15, -0.1) is 0 Å². The summed E-state index contributed by atoms with van der Waals surface area (Å²) in [6.45, 7) is 0.248. The zero-order chi connectivity index (χ0) is 13.8. The lowest BCUT2D eigenvalue weighted by Crippen LogP contribution is -2.21. The molecule has 0 aliphatic rings. The van der Waals surface area contributed by atoms with Gasteiger partial charge in [0.25, 0.3) is 0 Å². The minimum atomic E-state index is -0.699. The third kappa shape index (κ3) is 3.27. The number of rotatable bonds is 4. The van der Waals surface area contributed by atoms with Crippen LogP contribution in [0.5, 0.6) is 11.5 Å². The fourth-order valence-electron chi connectivity index (χ4n) is 1.72. The second kappa shape index (κ2) is 5.77. The number of hydrogen-bond donors (Lipinski definition) is 2. The number of hydrogen-bond acceptors (Lipinski definition) is 3. The van der Waals surface area contributed by atoms with Crippen LogP contribution in [0, 0.1) is 11.6 Å². The summed E-state index contributed by atoms with van der Waals surface area (Å²) in [4.78, 5) is 0. The van der Waals surface area contributed by atoms with E-state index >= 15 is 0 Å². The molecule has 0 aromatic heterocycles. The molecule has 5 heteroatoms. The summed E-state index contributed by atoms with van der Waals surface area (Å²) >= 11 is 0. The van der Waals surface area contributed by atoms with E-state index in [1.807, 2.05) is 0 Å². The van der Waals surface area contributed by atoms with Crippen molar-refractivity contribution in [2.75, 3.05) is 6.54 Å². The van der Waals surface area contributed by atoms with Crippen molar-refractivity contribution in [1.82, 2.24) is 0 Å². The zero-order valence-corrected chi connectivity index (χ0v) is 10.1. The van der Waals surface area contributed by atoms with Crippen molar-refractivity contribution in [3.05, 3.63) is 59.7 Å². The zero-order valence-electron chi connectivity index (χ0n) is 10.1. The van der Waals surface area contributed by atoms with Crippen LogP contribution in [0.3, 0.4) is 0 Å². The molecular formula is C14H14F2N2O. The van der Waals surface area contributed by atoms with E-state index in [4.69, 9.17) is 16.2 Å². The maximum Gasteiger partial charge on any atom is 0.133 e. The van der Waals surface area contributed by atoms with Crippen LogP contribution < -0.4 is 16.2 Å². The largest absolute Gasteiger partial charge is 0.457 e. The molecule has 19 heavy (non-hydrogen) atoms. The van der Waals surface area contributed by atoms with Gasteiger partial charge in [0, 0.05) is 36.3 Å². The molecule has 0 aliphatic heterocycles. The van der Waals surface area contributed by atoms with Gasteiger partial charge in [0.05, 0.1) is 0 Å². The van der Waals surface area contributed by atoms with Crippen molar-refractivity contribution in [3.63, 3.8) is 0 Å². The Bertz CT molecular complexity index is 555. The van der Waals surface area contributed by atoms with Gasteiger partial charge in [0.2, 0.25) is 0 Å². The molecule has 2 rings (SSSR count). The average Bonchev–Trinajstić information content (AvgIpc) is 2.37. The van der Waals surface area contributed by atoms with Crippen LogP contribution in [0.4, 0.5) is 8.78 Å². The molecule has 0 spiro atoms. The second-order valence-electron chi connectivity index (χ2n) is 4.09. The van der Waals surface area contributed by atoms with Gasteiger partial charge in [0.15, 0.2) is 0 Å². The highest BCUT2D eigenvalue weighted by molar-refractivity contribution is 5.40. The van der Waals surface area contributed by atoms with Crippen LogP contribution in [0.1, 0.15) is 11.6 Å². The summed E-state index contributed by atoms with van der Waals surface area (Å²) < 4.78 is 31.7. The van der Waals surface area contributed by atoms with E-state index in [2.05, 4.69) is 0 Å². The highest BCUT2D eigenvalue weighted by Gasteiger charge is 2.11. The van der Waals surface area contributed by atoms with Gasteiger partial charge in [0.1, 0.15) is 23.1 Å². The number of benzene rings is 2. The normalized spacial score (nSPS) is 12.2. The van der Waals surface area contributed by atoms with Crippen LogP contribution in [0.25, 0.3) is 0 Å². The smallest absolute Gasteiger partial charge is 0.133 e. The maximum atomic E-state index is 13.1. The first-order valence-electron chi connectivity index (χ1n) is 5.78. The third-order valence-corrected chi connectivity index (χ3v) is 2.64. The molecule has 3 nitrogen and oxygen atoms in total. The molecule has 1 atom stereocenters. The number of ether oxygens (including phenoxy) is 1. The Hall–Kier alpha value is -1.98. The average molecular weight is 264 g/mol. The Morgan fingerprint density at radius 3 is 2.32 bits per heavy atom. The molecular weight excluding hydrogens is 250 g/mol. The van der Waals surface area contributed by atoms with E-state index in [0.29, 0.717) is 11.3 Å². The highest BCUT2D eigenvalue weighted by Crippen LogP contribution is 2.29. The van der Waals surface area contributed by atoms with Crippen LogP contribution in [-0.4, -0.2) is 6.54 Å². The van der Waals surface area contributed by atoms with E-state index in [0.717, 1.165) is 18.2 Å². The summed E-state index contributed by atoms with van der Waals surface area (Å²) in [5.74, 6) is -0.883. The van der Waals surface area contributed by atoms with Crippen LogP contribution >= 0.6 is 0 Å². The highest BCUT2D eigenvalue weighted by atomic mass is 19.1. The summed E-state index contributed by atoms with van der Waals surface area (Å²) in [6, 6.07) is 9.58. The molecule has 2 aromatic carbocycles. The van der Waals surface area contributed by atoms with E-state index in [1.165, 1.54) is 0 Å². The third-order valence-electron chi connectivity index (χ3n) is 2.64. The van der Waals surface area contributed by atoms with Crippen LogP contribution in [0.15, 0.2) is 42.5 Å². The maximum absolute atomic E-state index is 13.1. The Morgan fingerprint density at radius 2 is 1.68 bits per heavy atom. The number of nitrogens with two attached hydrogens (primary N) is 2. The summed E-state index contributed by atoms with van der Waals surface area (Å²) in [7, 11) is 0. The van der Waals surface area contributed by atoms with Crippen molar-refractivity contribution < 1.29 is 13.5 Å². The molecule has 2 aromatic rings. The minimum Gasteiger partial charge on any atom is -0.457 e. The molecule has 0 heterocycles. The Balaban J connectivity index is 2.32. The molecule has 100 valence electrons. The quantitative estimate of drug-likeness (QED) is 0.892. The molecule has 4 N–H and O–H groups in total. The lowest BCUT2D eigenvalue weighted by molar-refractivity contribution is 0.458. The van der Waals surface area contributed by atoms with Crippen molar-refractivity contribution >= 4 is 0 Å². The molecule has 0 amide bonds. The SMILES string of the molecule is NCC(N)c1ccccc1Oc1cc(F)cc(F)c1. The second-order valence-corrected chi connectivity index (χ2v) is 4.09. The van der Waals surface area contributed by atoms with Gasteiger partial charge < -0.3 is 16.2 Å². The standard InChI is InChI=1S/C14H14F2N2O/c15-9-5-10(16)7-11(6-9)19-14-4-2-1-3-12(14)13(18)8-17/h1-7,13H,8,17-18H2. The minimum absolute atomic E-state index is 0.0779. The van der Waals surface area contributed by atoms with Gasteiger partial charge in [-0.1, -0.05) is 18.2 Å². The Labute approximate surface area is 109 Å². The van der Waals surface area contributed by atoms with Crippen molar-refractivity contribution in [2.45, 2.75) is 6.04 Å². The summed E-state index contributed by atoms with van der Waals surface area (Å²) in [5.41, 5.74) is 12.1. The number of halogens is 2. The monoisotopic (exact) mass is 264 g/mol. The fraction of sp³-hybridized carbons (Fsp3) is 0.143. The molecule has 0 bridgehead atoms. The van der Waals surface area contributed by atoms with E-state index in [1.54, 1.807) is 24.3 Å². The van der Waals surface area contributed by atoms with Gasteiger partial charge >= 0.3 is 0 Å².